The van der Waals surface area contributed by atoms with Crippen molar-refractivity contribution in [1.82, 2.24) is 9.66 Å². The fourth-order valence-electron chi connectivity index (χ4n) is 3.14. The van der Waals surface area contributed by atoms with Crippen LogP contribution < -0.4 is 5.56 Å². The molecule has 1 N–H and O–H groups in total. The fourth-order valence-corrected chi connectivity index (χ4v) is 4.36. The maximum Gasteiger partial charge on any atom is 0.311 e. The molecule has 0 fully saturated rings. The second kappa shape index (κ2) is 6.34. The minimum absolute atomic E-state index is 0.151. The first-order chi connectivity index (χ1) is 12.6. The number of para-hydroxylation sites is 1. The van der Waals surface area contributed by atoms with Gasteiger partial charge in [0.05, 0.1) is 16.5 Å². The average molecular weight is 370 g/mol. The van der Waals surface area contributed by atoms with Crippen LogP contribution in [0.15, 0.2) is 34.4 Å². The number of hydrogen-bond donors (Lipinski definition) is 1. The van der Waals surface area contributed by atoms with E-state index in [4.69, 9.17) is 0 Å². The maximum absolute atomic E-state index is 12.8. The first kappa shape index (κ1) is 16.4. The first-order valence-electron chi connectivity index (χ1n) is 8.09. The zero-order valence-electron chi connectivity index (χ0n) is 13.6. The highest BCUT2D eigenvalue weighted by molar-refractivity contribution is 7.18. The van der Waals surface area contributed by atoms with Crippen LogP contribution in [0.5, 0.6) is 5.75 Å². The van der Waals surface area contributed by atoms with Crippen LogP contribution in [0.25, 0.3) is 10.2 Å². The summed E-state index contributed by atoms with van der Waals surface area (Å²) in [5, 5.41) is 25.5. The normalized spacial score (nSPS) is 14.0. The van der Waals surface area contributed by atoms with E-state index >= 15 is 0 Å². The van der Waals surface area contributed by atoms with E-state index < -0.39 is 16.4 Å². The van der Waals surface area contributed by atoms with Gasteiger partial charge in [0.15, 0.2) is 0 Å². The molecule has 0 radical (unpaired) electrons. The topological polar surface area (TPSA) is 111 Å². The zero-order chi connectivity index (χ0) is 18.3. The summed E-state index contributed by atoms with van der Waals surface area (Å²) in [4.78, 5) is 29.3. The molecule has 0 atom stereocenters. The third-order valence-corrected chi connectivity index (χ3v) is 5.62. The van der Waals surface area contributed by atoms with Gasteiger partial charge in [0.25, 0.3) is 5.56 Å². The van der Waals surface area contributed by atoms with E-state index in [2.05, 4.69) is 10.1 Å². The van der Waals surface area contributed by atoms with Gasteiger partial charge in [-0.15, -0.1) is 11.3 Å². The van der Waals surface area contributed by atoms with Gasteiger partial charge in [-0.05, 0) is 37.3 Å². The molecule has 0 unspecified atom stereocenters. The van der Waals surface area contributed by atoms with Gasteiger partial charge in [-0.2, -0.15) is 9.78 Å². The smallest absolute Gasteiger partial charge is 0.311 e. The van der Waals surface area contributed by atoms with Gasteiger partial charge in [-0.3, -0.25) is 14.9 Å². The summed E-state index contributed by atoms with van der Waals surface area (Å²) in [6, 6.07) is 4.12. The lowest BCUT2D eigenvalue weighted by Gasteiger charge is -2.09. The van der Waals surface area contributed by atoms with Crippen molar-refractivity contribution < 1.29 is 10.0 Å². The van der Waals surface area contributed by atoms with Crippen molar-refractivity contribution in [3.8, 4) is 5.75 Å². The summed E-state index contributed by atoms with van der Waals surface area (Å²) in [5.41, 5.74) is 0.535. The number of fused-ring (bicyclic) bond motifs is 3. The number of nitro benzene ring substituents is 1. The van der Waals surface area contributed by atoms with Crippen LogP contribution in [-0.2, 0) is 12.8 Å². The highest BCUT2D eigenvalue weighted by Gasteiger charge is 2.20. The lowest BCUT2D eigenvalue weighted by Crippen LogP contribution is -2.18. The molecular formula is C17H14N4O4S. The molecule has 9 heteroatoms. The molecule has 0 saturated carbocycles. The Morgan fingerprint density at radius 3 is 2.96 bits per heavy atom. The molecular weight excluding hydrogens is 356 g/mol. The van der Waals surface area contributed by atoms with Crippen molar-refractivity contribution in [2.45, 2.75) is 25.7 Å². The molecule has 4 rings (SSSR count). The van der Waals surface area contributed by atoms with Crippen molar-refractivity contribution in [2.24, 2.45) is 5.10 Å². The summed E-state index contributed by atoms with van der Waals surface area (Å²) in [6.45, 7) is 0. The van der Waals surface area contributed by atoms with Crippen LogP contribution in [0.3, 0.4) is 0 Å². The Hall–Kier alpha value is -3.07. The largest absolute Gasteiger partial charge is 0.502 e. The Bertz CT molecular complexity index is 1120. The van der Waals surface area contributed by atoms with Gasteiger partial charge in [-0.25, -0.2) is 4.98 Å². The van der Waals surface area contributed by atoms with Gasteiger partial charge in [0.2, 0.25) is 5.75 Å². The van der Waals surface area contributed by atoms with Crippen LogP contribution in [0.1, 0.15) is 28.8 Å². The summed E-state index contributed by atoms with van der Waals surface area (Å²) in [5.74, 6) is -0.490. The number of benzene rings is 1. The number of aryl methyl sites for hydroxylation is 2. The SMILES string of the molecule is O=c1c2c3c(sc2ncn1/N=C/c1cccc([N+](=O)[O-])c1O)CCCC3. The number of rotatable bonds is 3. The molecule has 0 bridgehead atoms. The number of hydrogen-bond acceptors (Lipinski definition) is 7. The number of nitrogens with zero attached hydrogens (tertiary/aromatic N) is 4. The highest BCUT2D eigenvalue weighted by Crippen LogP contribution is 2.33. The maximum atomic E-state index is 12.8. The van der Waals surface area contributed by atoms with Crippen molar-refractivity contribution in [3.63, 3.8) is 0 Å². The Morgan fingerprint density at radius 1 is 1.35 bits per heavy atom. The number of phenolic OH excluding ortho intramolecular Hbond substituents is 1. The van der Waals surface area contributed by atoms with E-state index in [1.54, 1.807) is 11.3 Å². The molecule has 8 nitrogen and oxygen atoms in total. The van der Waals surface area contributed by atoms with E-state index in [1.807, 2.05) is 0 Å². The standard InChI is InChI=1S/C17H14N4O4S/c22-15-10(4-3-6-12(15)21(24)25)8-19-20-9-18-16-14(17(20)23)11-5-1-2-7-13(11)26-16/h3-4,6,8-9,22H,1-2,5,7H2/b19-8+. The number of aromatic hydroxyl groups is 1. The van der Waals surface area contributed by atoms with Gasteiger partial charge in [0.1, 0.15) is 11.2 Å². The molecule has 26 heavy (non-hydrogen) atoms. The Labute approximate surface area is 151 Å². The molecule has 2 aromatic heterocycles. The number of aromatic nitrogens is 2. The second-order valence-electron chi connectivity index (χ2n) is 6.00. The summed E-state index contributed by atoms with van der Waals surface area (Å²) < 4.78 is 1.10. The number of phenols is 1. The molecule has 1 aliphatic carbocycles. The average Bonchev–Trinajstić information content (AvgIpc) is 3.01. The molecule has 3 aromatic rings. The van der Waals surface area contributed by atoms with Crippen molar-refractivity contribution in [2.75, 3.05) is 0 Å². The molecule has 132 valence electrons. The zero-order valence-corrected chi connectivity index (χ0v) is 14.4. The van der Waals surface area contributed by atoms with Crippen molar-refractivity contribution in [1.29, 1.82) is 0 Å². The number of nitro groups is 1. The summed E-state index contributed by atoms with van der Waals surface area (Å²) in [6.07, 6.45) is 6.57. The fraction of sp³-hybridized carbons (Fsp3) is 0.235. The molecule has 0 aliphatic heterocycles. The van der Waals surface area contributed by atoms with Crippen LogP contribution in [0, 0.1) is 10.1 Å². The predicted molar refractivity (Wildman–Crippen MR) is 98.3 cm³/mol. The second-order valence-corrected chi connectivity index (χ2v) is 7.09. The van der Waals surface area contributed by atoms with E-state index in [1.165, 1.54) is 35.6 Å². The predicted octanol–water partition coefficient (Wildman–Crippen LogP) is 2.83. The van der Waals surface area contributed by atoms with Crippen molar-refractivity contribution >= 4 is 33.5 Å². The highest BCUT2D eigenvalue weighted by atomic mass is 32.1. The molecule has 1 aromatic carbocycles. The lowest BCUT2D eigenvalue weighted by molar-refractivity contribution is -0.385. The Balaban J connectivity index is 1.78. The van der Waals surface area contributed by atoms with Crippen LogP contribution >= 0.6 is 11.3 Å². The van der Waals surface area contributed by atoms with Crippen LogP contribution in [0.4, 0.5) is 5.69 Å². The van der Waals surface area contributed by atoms with Gasteiger partial charge >= 0.3 is 5.69 Å². The Morgan fingerprint density at radius 2 is 2.15 bits per heavy atom. The molecule has 0 spiro atoms. The van der Waals surface area contributed by atoms with Crippen LogP contribution in [0.2, 0.25) is 0 Å². The van der Waals surface area contributed by atoms with Gasteiger partial charge < -0.3 is 5.11 Å². The lowest BCUT2D eigenvalue weighted by atomic mass is 9.97. The summed E-state index contributed by atoms with van der Waals surface area (Å²) in [7, 11) is 0. The molecule has 0 amide bonds. The van der Waals surface area contributed by atoms with Gasteiger partial charge in [-0.1, -0.05) is 6.07 Å². The molecule has 1 aliphatic rings. The van der Waals surface area contributed by atoms with E-state index in [-0.39, 0.29) is 11.1 Å². The van der Waals surface area contributed by atoms with Gasteiger partial charge in [0, 0.05) is 16.5 Å². The van der Waals surface area contributed by atoms with E-state index in [0.29, 0.717) is 10.2 Å². The monoisotopic (exact) mass is 370 g/mol. The first-order valence-corrected chi connectivity index (χ1v) is 8.90. The van der Waals surface area contributed by atoms with Crippen molar-refractivity contribution in [3.05, 3.63) is 61.0 Å². The molecule has 0 saturated heterocycles. The van der Waals surface area contributed by atoms with E-state index in [9.17, 15) is 20.0 Å². The minimum atomic E-state index is -0.676. The quantitative estimate of drug-likeness (QED) is 0.433. The van der Waals surface area contributed by atoms with E-state index in [0.717, 1.165) is 35.9 Å². The van der Waals surface area contributed by atoms with Crippen LogP contribution in [-0.4, -0.2) is 25.9 Å². The minimum Gasteiger partial charge on any atom is -0.502 e. The summed E-state index contributed by atoms with van der Waals surface area (Å²) >= 11 is 1.55. The third-order valence-electron chi connectivity index (χ3n) is 4.42. The number of thiophene rings is 1. The third kappa shape index (κ3) is 2.66. The Kier molecular flexibility index (Phi) is 4.00. The molecule has 2 heterocycles.